The summed E-state index contributed by atoms with van der Waals surface area (Å²) in [6.07, 6.45) is 3.62. The van der Waals surface area contributed by atoms with Gasteiger partial charge in [-0.05, 0) is 48.8 Å². The van der Waals surface area contributed by atoms with Crippen LogP contribution in [-0.4, -0.2) is 19.0 Å². The van der Waals surface area contributed by atoms with E-state index in [4.69, 9.17) is 11.5 Å². The number of hydrogen-bond donors (Lipinski definition) is 2. The minimum absolute atomic E-state index is 0.357. The lowest BCUT2D eigenvalue weighted by Gasteiger charge is -2.30. The molecule has 1 amide bonds. The summed E-state index contributed by atoms with van der Waals surface area (Å²) in [5.41, 5.74) is 13.5. The zero-order valence-corrected chi connectivity index (χ0v) is 13.4. The first-order valence-electron chi connectivity index (χ1n) is 7.73. The first kappa shape index (κ1) is 15.7. The van der Waals surface area contributed by atoms with E-state index in [2.05, 4.69) is 25.7 Å². The minimum Gasteiger partial charge on any atom is -0.398 e. The lowest BCUT2D eigenvalue weighted by molar-refractivity contribution is 0.100. The molecule has 1 aromatic carbocycles. The molecule has 1 atom stereocenters. The van der Waals surface area contributed by atoms with Crippen LogP contribution in [-0.2, 0) is 0 Å². The number of nitrogens with zero attached hydrogens (tertiary/aromatic N) is 1. The molecule has 0 aliphatic carbocycles. The van der Waals surface area contributed by atoms with Gasteiger partial charge in [-0.2, -0.15) is 0 Å². The molecule has 1 aromatic rings. The maximum Gasteiger partial charge on any atom is 0.250 e. The lowest BCUT2D eigenvalue weighted by Crippen LogP contribution is -2.26. The molecule has 116 valence electrons. The van der Waals surface area contributed by atoms with E-state index in [1.807, 2.05) is 12.1 Å². The molecule has 2 rings (SSSR count). The summed E-state index contributed by atoms with van der Waals surface area (Å²) in [6, 6.07) is 5.59. The van der Waals surface area contributed by atoms with Crippen molar-refractivity contribution in [1.29, 1.82) is 0 Å². The zero-order chi connectivity index (χ0) is 15.6. The maximum atomic E-state index is 11.4. The molecule has 0 saturated carbocycles. The number of carbonyl (C=O) groups is 1. The smallest absolute Gasteiger partial charge is 0.250 e. The number of rotatable bonds is 2. The second kappa shape index (κ2) is 5.96. The van der Waals surface area contributed by atoms with Gasteiger partial charge in [-0.25, -0.2) is 0 Å². The van der Waals surface area contributed by atoms with Crippen molar-refractivity contribution >= 4 is 17.3 Å². The largest absolute Gasteiger partial charge is 0.398 e. The quantitative estimate of drug-likeness (QED) is 0.822. The molecule has 1 fully saturated rings. The van der Waals surface area contributed by atoms with Gasteiger partial charge in [-0.15, -0.1) is 0 Å². The van der Waals surface area contributed by atoms with Crippen LogP contribution in [0.1, 0.15) is 50.4 Å². The molecule has 1 unspecified atom stereocenters. The van der Waals surface area contributed by atoms with Gasteiger partial charge in [0.05, 0.1) is 5.56 Å². The van der Waals surface area contributed by atoms with Crippen molar-refractivity contribution in [3.63, 3.8) is 0 Å². The molecule has 0 radical (unpaired) electrons. The number of nitrogen functional groups attached to an aromatic ring is 1. The summed E-state index contributed by atoms with van der Waals surface area (Å²) in [4.78, 5) is 13.8. The van der Waals surface area contributed by atoms with E-state index >= 15 is 0 Å². The molecule has 0 spiro atoms. The fourth-order valence-electron chi connectivity index (χ4n) is 3.17. The highest BCUT2D eigenvalue weighted by Crippen LogP contribution is 2.35. The van der Waals surface area contributed by atoms with Gasteiger partial charge in [0.25, 0.3) is 5.91 Å². The Morgan fingerprint density at radius 3 is 2.57 bits per heavy atom. The van der Waals surface area contributed by atoms with Crippen LogP contribution in [0.3, 0.4) is 0 Å². The Morgan fingerprint density at radius 2 is 1.95 bits per heavy atom. The van der Waals surface area contributed by atoms with E-state index in [0.717, 1.165) is 24.7 Å². The number of nitrogens with two attached hydrogens (primary N) is 2. The summed E-state index contributed by atoms with van der Waals surface area (Å²) in [7, 11) is 0. The third-order valence-electron chi connectivity index (χ3n) is 4.62. The fraction of sp³-hybridized carbons (Fsp3) is 0.588. The van der Waals surface area contributed by atoms with Gasteiger partial charge in [0.15, 0.2) is 0 Å². The summed E-state index contributed by atoms with van der Waals surface area (Å²) in [5, 5.41) is 0. The second-order valence-corrected chi connectivity index (χ2v) is 7.12. The average Bonchev–Trinajstić information content (AvgIpc) is 2.64. The number of primary amides is 1. The first-order valence-corrected chi connectivity index (χ1v) is 7.73. The maximum absolute atomic E-state index is 11.4. The van der Waals surface area contributed by atoms with E-state index < -0.39 is 5.91 Å². The molecular weight excluding hydrogens is 262 g/mol. The molecule has 4 nitrogen and oxygen atoms in total. The summed E-state index contributed by atoms with van der Waals surface area (Å²) < 4.78 is 0. The Hall–Kier alpha value is -1.71. The number of anilines is 2. The molecule has 1 aliphatic heterocycles. The monoisotopic (exact) mass is 289 g/mol. The van der Waals surface area contributed by atoms with E-state index in [1.165, 1.54) is 19.3 Å². The van der Waals surface area contributed by atoms with Crippen molar-refractivity contribution in [2.75, 3.05) is 23.7 Å². The predicted molar refractivity (Wildman–Crippen MR) is 88.4 cm³/mol. The highest BCUT2D eigenvalue weighted by molar-refractivity contribution is 5.99. The predicted octanol–water partition coefficient (Wildman–Crippen LogP) is 3.02. The Labute approximate surface area is 127 Å². The van der Waals surface area contributed by atoms with Crippen molar-refractivity contribution in [2.24, 2.45) is 17.1 Å². The van der Waals surface area contributed by atoms with Gasteiger partial charge in [0, 0.05) is 24.5 Å². The van der Waals surface area contributed by atoms with Gasteiger partial charge in [-0.1, -0.05) is 20.8 Å². The lowest BCUT2D eigenvalue weighted by atomic mass is 9.77. The number of amides is 1. The summed E-state index contributed by atoms with van der Waals surface area (Å²) in [6.45, 7) is 9.00. The Morgan fingerprint density at radius 1 is 1.24 bits per heavy atom. The van der Waals surface area contributed by atoms with Crippen LogP contribution < -0.4 is 16.4 Å². The summed E-state index contributed by atoms with van der Waals surface area (Å²) >= 11 is 0. The number of carbonyl (C=O) groups excluding carboxylic acids is 1. The first-order chi connectivity index (χ1) is 9.79. The van der Waals surface area contributed by atoms with Crippen LogP contribution in [0.5, 0.6) is 0 Å². The van der Waals surface area contributed by atoms with Crippen LogP contribution in [0, 0.1) is 11.3 Å². The van der Waals surface area contributed by atoms with Crippen LogP contribution in [0.15, 0.2) is 18.2 Å². The second-order valence-electron chi connectivity index (χ2n) is 7.12. The van der Waals surface area contributed by atoms with Crippen molar-refractivity contribution in [1.82, 2.24) is 0 Å². The number of hydrogen-bond acceptors (Lipinski definition) is 3. The Bertz CT molecular complexity index is 519. The van der Waals surface area contributed by atoms with E-state index in [0.29, 0.717) is 16.7 Å². The molecule has 1 heterocycles. The van der Waals surface area contributed by atoms with Crippen molar-refractivity contribution in [3.05, 3.63) is 23.8 Å². The molecule has 0 bridgehead atoms. The third kappa shape index (κ3) is 3.69. The molecule has 1 aliphatic rings. The van der Waals surface area contributed by atoms with Gasteiger partial charge < -0.3 is 16.4 Å². The van der Waals surface area contributed by atoms with Crippen molar-refractivity contribution < 1.29 is 4.79 Å². The molecule has 1 saturated heterocycles. The van der Waals surface area contributed by atoms with Gasteiger partial charge in [-0.3, -0.25) is 4.79 Å². The fourth-order valence-corrected chi connectivity index (χ4v) is 3.17. The Kier molecular flexibility index (Phi) is 4.45. The molecule has 21 heavy (non-hydrogen) atoms. The van der Waals surface area contributed by atoms with E-state index in [9.17, 15) is 4.79 Å². The van der Waals surface area contributed by atoms with Gasteiger partial charge in [0.1, 0.15) is 0 Å². The average molecular weight is 289 g/mol. The van der Waals surface area contributed by atoms with Crippen LogP contribution in [0.4, 0.5) is 11.4 Å². The van der Waals surface area contributed by atoms with Crippen LogP contribution in [0.25, 0.3) is 0 Å². The van der Waals surface area contributed by atoms with Crippen LogP contribution >= 0.6 is 0 Å². The molecular formula is C17H27N3O. The van der Waals surface area contributed by atoms with Crippen molar-refractivity contribution in [3.8, 4) is 0 Å². The molecule has 0 aromatic heterocycles. The summed E-state index contributed by atoms with van der Waals surface area (Å²) in [5.74, 6) is 0.281. The molecule has 4 heteroatoms. The zero-order valence-electron chi connectivity index (χ0n) is 13.4. The topological polar surface area (TPSA) is 72.3 Å². The number of benzene rings is 1. The van der Waals surface area contributed by atoms with Crippen molar-refractivity contribution in [2.45, 2.75) is 40.0 Å². The standard InChI is InChI=1S/C17H27N3O/c1-17(2,3)12-5-4-9-20(10-8-12)13-6-7-15(18)14(11-13)16(19)21/h6-7,11-12H,4-5,8-10,18H2,1-3H3,(H2,19,21). The normalized spacial score (nSPS) is 20.1. The van der Waals surface area contributed by atoms with Crippen LogP contribution in [0.2, 0.25) is 0 Å². The third-order valence-corrected chi connectivity index (χ3v) is 4.62. The van der Waals surface area contributed by atoms with Gasteiger partial charge in [0.2, 0.25) is 0 Å². The SMILES string of the molecule is CC(C)(C)C1CCCN(c2ccc(N)c(C(N)=O)c2)CC1. The highest BCUT2D eigenvalue weighted by Gasteiger charge is 2.27. The van der Waals surface area contributed by atoms with E-state index in [1.54, 1.807) is 6.07 Å². The minimum atomic E-state index is -0.461. The van der Waals surface area contributed by atoms with Gasteiger partial charge >= 0.3 is 0 Å². The van der Waals surface area contributed by atoms with E-state index in [-0.39, 0.29) is 0 Å². The highest BCUT2D eigenvalue weighted by atomic mass is 16.1. The Balaban J connectivity index is 2.16. The molecule has 4 N–H and O–H groups in total.